The van der Waals surface area contributed by atoms with Gasteiger partial charge in [-0.15, -0.1) is 0 Å². The number of nitrogens with zero attached hydrogens (tertiary/aromatic N) is 3. The van der Waals surface area contributed by atoms with Crippen LogP contribution in [0.3, 0.4) is 0 Å². The Morgan fingerprint density at radius 2 is 1.95 bits per heavy atom. The van der Waals surface area contributed by atoms with Crippen LogP contribution in [0.15, 0.2) is 36.4 Å². The summed E-state index contributed by atoms with van der Waals surface area (Å²) in [6.45, 7) is 0.551. The highest BCUT2D eigenvalue weighted by molar-refractivity contribution is 6.31. The second kappa shape index (κ2) is 5.59. The zero-order valence-corrected chi connectivity index (χ0v) is 11.2. The van der Waals surface area contributed by atoms with E-state index in [0.717, 1.165) is 11.4 Å². The van der Waals surface area contributed by atoms with Crippen LogP contribution in [0.25, 0.3) is 0 Å². The van der Waals surface area contributed by atoms with Crippen LogP contribution in [0.2, 0.25) is 5.02 Å². The summed E-state index contributed by atoms with van der Waals surface area (Å²) >= 11 is 6.09. The molecule has 0 saturated carbocycles. The number of nitrogens with two attached hydrogens (primary N) is 1. The molecule has 0 unspecified atom stereocenters. The summed E-state index contributed by atoms with van der Waals surface area (Å²) in [5.74, 6) is 0.452. The second-order valence-electron chi connectivity index (χ2n) is 4.18. The lowest BCUT2D eigenvalue weighted by atomic mass is 10.2. The van der Waals surface area contributed by atoms with E-state index in [9.17, 15) is 0 Å². The number of hydrogen-bond acceptors (Lipinski definition) is 4. The molecule has 0 fully saturated rings. The second-order valence-corrected chi connectivity index (χ2v) is 4.59. The molecule has 4 nitrogen and oxygen atoms in total. The maximum atomic E-state index is 8.76. The van der Waals surface area contributed by atoms with Crippen LogP contribution in [0.4, 0.5) is 11.5 Å². The van der Waals surface area contributed by atoms with E-state index in [2.05, 4.69) is 11.1 Å². The molecule has 1 aromatic heterocycles. The summed E-state index contributed by atoms with van der Waals surface area (Å²) in [6, 6.07) is 12.8. The molecule has 0 spiro atoms. The van der Waals surface area contributed by atoms with Gasteiger partial charge in [0.2, 0.25) is 0 Å². The van der Waals surface area contributed by atoms with E-state index >= 15 is 0 Å². The molecule has 0 aliphatic carbocycles. The quantitative estimate of drug-likeness (QED) is 0.933. The van der Waals surface area contributed by atoms with E-state index in [0.29, 0.717) is 22.9 Å². The maximum Gasteiger partial charge on any atom is 0.123 e. The summed E-state index contributed by atoms with van der Waals surface area (Å²) in [6.07, 6.45) is 0. The van der Waals surface area contributed by atoms with Crippen molar-refractivity contribution >= 4 is 23.1 Å². The predicted molar refractivity (Wildman–Crippen MR) is 76.9 cm³/mol. The van der Waals surface area contributed by atoms with Crippen LogP contribution in [0.1, 0.15) is 11.3 Å². The van der Waals surface area contributed by atoms with E-state index in [1.807, 2.05) is 24.1 Å². The topological polar surface area (TPSA) is 65.9 Å². The number of halogens is 1. The van der Waals surface area contributed by atoms with Gasteiger partial charge in [-0.3, -0.25) is 0 Å². The average molecular weight is 273 g/mol. The van der Waals surface area contributed by atoms with Gasteiger partial charge in [-0.2, -0.15) is 5.26 Å². The first-order valence-electron chi connectivity index (χ1n) is 5.72. The van der Waals surface area contributed by atoms with Gasteiger partial charge in [-0.05, 0) is 36.4 Å². The highest BCUT2D eigenvalue weighted by atomic mass is 35.5. The number of aromatic nitrogens is 1. The molecule has 0 amide bonds. The summed E-state index contributed by atoms with van der Waals surface area (Å²) in [7, 11) is 1.93. The first-order chi connectivity index (χ1) is 9.10. The van der Waals surface area contributed by atoms with Crippen LogP contribution in [0, 0.1) is 11.3 Å². The fourth-order valence-corrected chi connectivity index (χ4v) is 1.88. The third kappa shape index (κ3) is 3.15. The summed E-state index contributed by atoms with van der Waals surface area (Å²) < 4.78 is 0. The number of anilines is 2. The van der Waals surface area contributed by atoms with Gasteiger partial charge in [-0.25, -0.2) is 4.98 Å². The molecule has 19 heavy (non-hydrogen) atoms. The predicted octanol–water partition coefficient (Wildman–Crippen LogP) is 2.83. The first-order valence-corrected chi connectivity index (χ1v) is 6.10. The largest absolute Gasteiger partial charge is 0.384 e. The smallest absolute Gasteiger partial charge is 0.123 e. The van der Waals surface area contributed by atoms with E-state index < -0.39 is 0 Å². The molecule has 2 N–H and O–H groups in total. The van der Waals surface area contributed by atoms with Crippen LogP contribution >= 0.6 is 11.6 Å². The van der Waals surface area contributed by atoms with Crippen molar-refractivity contribution in [1.82, 2.24) is 4.98 Å². The van der Waals surface area contributed by atoms with Crippen molar-refractivity contribution in [3.05, 3.63) is 52.7 Å². The van der Waals surface area contributed by atoms with Crippen molar-refractivity contribution in [1.29, 1.82) is 5.26 Å². The SMILES string of the molecule is CN(Cc1nc(N)ccc1Cl)c1ccc(C#N)cc1. The van der Waals surface area contributed by atoms with Crippen LogP contribution in [-0.2, 0) is 6.54 Å². The monoisotopic (exact) mass is 272 g/mol. The summed E-state index contributed by atoms with van der Waals surface area (Å²) in [5, 5.41) is 9.36. The van der Waals surface area contributed by atoms with Crippen molar-refractivity contribution in [2.24, 2.45) is 0 Å². The molecule has 0 atom stereocenters. The lowest BCUT2D eigenvalue weighted by molar-refractivity contribution is 0.887. The Kier molecular flexibility index (Phi) is 3.88. The highest BCUT2D eigenvalue weighted by Gasteiger charge is 2.07. The molecule has 0 radical (unpaired) electrons. The number of pyridine rings is 1. The van der Waals surface area contributed by atoms with Gasteiger partial charge in [0.05, 0.1) is 28.9 Å². The summed E-state index contributed by atoms with van der Waals surface area (Å²) in [5.41, 5.74) is 8.01. The molecular weight excluding hydrogens is 260 g/mol. The number of nitrogen functional groups attached to an aromatic ring is 1. The fourth-order valence-electron chi connectivity index (χ4n) is 1.72. The standard InChI is InChI=1S/C14H13ClN4/c1-19(11-4-2-10(8-16)3-5-11)9-13-12(15)6-7-14(17)18-13/h2-7H,9H2,1H3,(H2,17,18). The molecule has 0 saturated heterocycles. The number of nitriles is 1. The molecule has 5 heteroatoms. The normalized spacial score (nSPS) is 9.95. The maximum absolute atomic E-state index is 8.76. The van der Waals surface area contributed by atoms with Gasteiger partial charge in [0.15, 0.2) is 0 Å². The van der Waals surface area contributed by atoms with Crippen molar-refractivity contribution in [3.63, 3.8) is 0 Å². The van der Waals surface area contributed by atoms with Gasteiger partial charge < -0.3 is 10.6 Å². The van der Waals surface area contributed by atoms with E-state index in [1.165, 1.54) is 0 Å². The van der Waals surface area contributed by atoms with Gasteiger partial charge in [0.25, 0.3) is 0 Å². The molecule has 2 rings (SSSR count). The number of hydrogen-bond donors (Lipinski definition) is 1. The zero-order valence-electron chi connectivity index (χ0n) is 10.5. The molecular formula is C14H13ClN4. The van der Waals surface area contributed by atoms with Crippen LogP contribution < -0.4 is 10.6 Å². The van der Waals surface area contributed by atoms with Gasteiger partial charge in [-0.1, -0.05) is 11.6 Å². The van der Waals surface area contributed by atoms with Crippen molar-refractivity contribution in [2.45, 2.75) is 6.54 Å². The molecule has 0 bridgehead atoms. The minimum absolute atomic E-state index is 0.452. The molecule has 0 aliphatic rings. The van der Waals surface area contributed by atoms with Gasteiger partial charge in [0, 0.05) is 12.7 Å². The Labute approximate surface area is 117 Å². The molecule has 0 aliphatic heterocycles. The molecule has 2 aromatic rings. The van der Waals surface area contributed by atoms with Crippen molar-refractivity contribution in [3.8, 4) is 6.07 Å². The minimum atomic E-state index is 0.452. The third-order valence-corrected chi connectivity index (χ3v) is 3.11. The van der Waals surface area contributed by atoms with Gasteiger partial charge in [0.1, 0.15) is 5.82 Å². The first kappa shape index (κ1) is 13.2. The number of benzene rings is 1. The zero-order chi connectivity index (χ0) is 13.8. The van der Waals surface area contributed by atoms with E-state index in [1.54, 1.807) is 24.3 Å². The van der Waals surface area contributed by atoms with Crippen molar-refractivity contribution in [2.75, 3.05) is 17.7 Å². The lowest BCUT2D eigenvalue weighted by Gasteiger charge is -2.19. The summed E-state index contributed by atoms with van der Waals surface area (Å²) in [4.78, 5) is 6.22. The minimum Gasteiger partial charge on any atom is -0.384 e. The van der Waals surface area contributed by atoms with Crippen molar-refractivity contribution < 1.29 is 0 Å². The molecule has 1 aromatic carbocycles. The average Bonchev–Trinajstić information content (AvgIpc) is 2.43. The Hall–Kier alpha value is -2.25. The lowest BCUT2D eigenvalue weighted by Crippen LogP contribution is -2.17. The van der Waals surface area contributed by atoms with Crippen LogP contribution in [0.5, 0.6) is 0 Å². The third-order valence-electron chi connectivity index (χ3n) is 2.76. The van der Waals surface area contributed by atoms with E-state index in [-0.39, 0.29) is 0 Å². The molecule has 1 heterocycles. The Morgan fingerprint density at radius 3 is 2.58 bits per heavy atom. The van der Waals surface area contributed by atoms with Crippen LogP contribution in [-0.4, -0.2) is 12.0 Å². The Morgan fingerprint density at radius 1 is 1.26 bits per heavy atom. The molecule has 96 valence electrons. The number of rotatable bonds is 3. The highest BCUT2D eigenvalue weighted by Crippen LogP contribution is 2.20. The van der Waals surface area contributed by atoms with E-state index in [4.69, 9.17) is 22.6 Å². The Bertz CT molecular complexity index is 616. The Balaban J connectivity index is 2.18. The van der Waals surface area contributed by atoms with Gasteiger partial charge >= 0.3 is 0 Å². The fraction of sp³-hybridized carbons (Fsp3) is 0.143.